The number of hydrogen-bond acceptors (Lipinski definition) is 3. The largest absolute Gasteiger partial charge is 0.356 e. The number of rotatable bonds is 8. The lowest BCUT2D eigenvalue weighted by molar-refractivity contribution is -0.132. The first-order valence-corrected chi connectivity index (χ1v) is 8.19. The van der Waals surface area contributed by atoms with E-state index in [1.54, 1.807) is 6.92 Å². The van der Waals surface area contributed by atoms with Gasteiger partial charge < -0.3 is 15.1 Å². The standard InChI is InChI=1S/C16H31N3O2/c1-14(20)19(15-8-5-4-6-9-15)13-10-16(21)17-11-7-12-18(2)3/h15H,4-13H2,1-3H3,(H,17,21). The number of carbonyl (C=O) groups excluding carboxylic acids is 2. The van der Waals surface area contributed by atoms with Crippen LogP contribution in [-0.4, -0.2) is 61.4 Å². The van der Waals surface area contributed by atoms with Crippen molar-refractivity contribution in [2.24, 2.45) is 0 Å². The van der Waals surface area contributed by atoms with Crippen LogP contribution in [0.5, 0.6) is 0 Å². The zero-order valence-corrected chi connectivity index (χ0v) is 13.9. The summed E-state index contributed by atoms with van der Waals surface area (Å²) in [5, 5.41) is 2.93. The summed E-state index contributed by atoms with van der Waals surface area (Å²) in [5.74, 6) is 0.151. The van der Waals surface area contributed by atoms with Crippen LogP contribution in [0, 0.1) is 0 Å². The predicted molar refractivity (Wildman–Crippen MR) is 85.1 cm³/mol. The average Bonchev–Trinajstić information content (AvgIpc) is 2.44. The maximum absolute atomic E-state index is 11.8. The molecule has 0 unspecified atom stereocenters. The van der Waals surface area contributed by atoms with E-state index in [9.17, 15) is 9.59 Å². The molecule has 0 aromatic rings. The Morgan fingerprint density at radius 1 is 1.10 bits per heavy atom. The molecule has 2 amide bonds. The Morgan fingerprint density at radius 3 is 2.33 bits per heavy atom. The van der Waals surface area contributed by atoms with Crippen molar-refractivity contribution < 1.29 is 9.59 Å². The highest BCUT2D eigenvalue weighted by Gasteiger charge is 2.23. The molecule has 1 rings (SSSR count). The summed E-state index contributed by atoms with van der Waals surface area (Å²) >= 11 is 0. The molecule has 0 heterocycles. The Morgan fingerprint density at radius 2 is 1.76 bits per heavy atom. The van der Waals surface area contributed by atoms with Gasteiger partial charge in [0.05, 0.1) is 0 Å². The van der Waals surface area contributed by atoms with Gasteiger partial charge in [0.15, 0.2) is 0 Å². The normalized spacial score (nSPS) is 16.0. The molecule has 0 radical (unpaired) electrons. The fraction of sp³-hybridized carbons (Fsp3) is 0.875. The maximum Gasteiger partial charge on any atom is 0.221 e. The Balaban J connectivity index is 2.25. The first-order chi connectivity index (χ1) is 10.0. The average molecular weight is 297 g/mol. The van der Waals surface area contributed by atoms with Crippen molar-refractivity contribution in [2.75, 3.05) is 33.7 Å². The van der Waals surface area contributed by atoms with E-state index in [2.05, 4.69) is 10.2 Å². The molecule has 1 fully saturated rings. The van der Waals surface area contributed by atoms with Crippen molar-refractivity contribution >= 4 is 11.8 Å². The van der Waals surface area contributed by atoms with Gasteiger partial charge in [-0.3, -0.25) is 9.59 Å². The van der Waals surface area contributed by atoms with Crippen LogP contribution in [0.2, 0.25) is 0 Å². The van der Waals surface area contributed by atoms with Gasteiger partial charge in [0.2, 0.25) is 11.8 Å². The quantitative estimate of drug-likeness (QED) is 0.693. The van der Waals surface area contributed by atoms with Crippen molar-refractivity contribution in [1.82, 2.24) is 15.1 Å². The van der Waals surface area contributed by atoms with Gasteiger partial charge in [0, 0.05) is 32.5 Å². The molecule has 0 aromatic heterocycles. The molecule has 5 nitrogen and oxygen atoms in total. The van der Waals surface area contributed by atoms with Crippen LogP contribution in [0.4, 0.5) is 0 Å². The molecule has 21 heavy (non-hydrogen) atoms. The van der Waals surface area contributed by atoms with Crippen molar-refractivity contribution in [3.8, 4) is 0 Å². The zero-order chi connectivity index (χ0) is 15.7. The summed E-state index contributed by atoms with van der Waals surface area (Å²) in [4.78, 5) is 27.6. The molecule has 1 saturated carbocycles. The molecule has 0 bridgehead atoms. The molecule has 5 heteroatoms. The Kier molecular flexibility index (Phi) is 8.35. The maximum atomic E-state index is 11.8. The van der Waals surface area contributed by atoms with E-state index in [-0.39, 0.29) is 11.8 Å². The first kappa shape index (κ1) is 18.0. The molecule has 122 valence electrons. The second-order valence-electron chi connectivity index (χ2n) is 6.26. The molecule has 1 N–H and O–H groups in total. The summed E-state index contributed by atoms with van der Waals surface area (Å²) in [6.45, 7) is 3.85. The molecule has 0 aromatic carbocycles. The number of amides is 2. The van der Waals surface area contributed by atoms with Gasteiger partial charge in [-0.25, -0.2) is 0 Å². The fourth-order valence-corrected chi connectivity index (χ4v) is 2.92. The zero-order valence-electron chi connectivity index (χ0n) is 13.9. The highest BCUT2D eigenvalue weighted by atomic mass is 16.2. The third kappa shape index (κ3) is 7.46. The molecule has 0 atom stereocenters. The second kappa shape index (κ2) is 9.77. The van der Waals surface area contributed by atoms with Crippen molar-refractivity contribution in [3.63, 3.8) is 0 Å². The molecule has 0 spiro atoms. The minimum Gasteiger partial charge on any atom is -0.356 e. The number of hydrogen-bond donors (Lipinski definition) is 1. The van der Waals surface area contributed by atoms with Crippen LogP contribution in [0.15, 0.2) is 0 Å². The van der Waals surface area contributed by atoms with Crippen molar-refractivity contribution in [3.05, 3.63) is 0 Å². The predicted octanol–water partition coefficient (Wildman–Crippen LogP) is 1.63. The monoisotopic (exact) mass is 297 g/mol. The lowest BCUT2D eigenvalue weighted by Crippen LogP contribution is -2.42. The van der Waals surface area contributed by atoms with E-state index in [4.69, 9.17) is 0 Å². The van der Waals surface area contributed by atoms with Crippen molar-refractivity contribution in [2.45, 2.75) is 57.9 Å². The fourth-order valence-electron chi connectivity index (χ4n) is 2.92. The van der Waals surface area contributed by atoms with Crippen LogP contribution in [0.1, 0.15) is 51.9 Å². The van der Waals surface area contributed by atoms with Gasteiger partial charge in [-0.05, 0) is 39.9 Å². The van der Waals surface area contributed by atoms with Crippen LogP contribution in [-0.2, 0) is 9.59 Å². The molecule has 0 saturated heterocycles. The van der Waals surface area contributed by atoms with Crippen molar-refractivity contribution in [1.29, 1.82) is 0 Å². The van der Waals surface area contributed by atoms with Gasteiger partial charge >= 0.3 is 0 Å². The number of carbonyl (C=O) groups is 2. The minimum atomic E-state index is 0.0517. The summed E-state index contributed by atoms with van der Waals surface area (Å²) in [7, 11) is 4.05. The third-order valence-corrected chi connectivity index (χ3v) is 4.10. The summed E-state index contributed by atoms with van der Waals surface area (Å²) in [6.07, 6.45) is 7.22. The second-order valence-corrected chi connectivity index (χ2v) is 6.26. The summed E-state index contributed by atoms with van der Waals surface area (Å²) < 4.78 is 0. The van der Waals surface area contributed by atoms with Gasteiger partial charge in [0.1, 0.15) is 0 Å². The lowest BCUT2D eigenvalue weighted by Gasteiger charge is -2.33. The molecular formula is C16H31N3O2. The Labute approximate surface area is 129 Å². The van der Waals surface area contributed by atoms with Crippen LogP contribution in [0.3, 0.4) is 0 Å². The van der Waals surface area contributed by atoms with E-state index in [0.29, 0.717) is 25.6 Å². The Bertz CT molecular complexity index is 325. The van der Waals surface area contributed by atoms with E-state index >= 15 is 0 Å². The molecule has 0 aliphatic heterocycles. The van der Waals surface area contributed by atoms with E-state index in [1.165, 1.54) is 19.3 Å². The van der Waals surface area contributed by atoms with Gasteiger partial charge in [-0.15, -0.1) is 0 Å². The van der Waals surface area contributed by atoms with Crippen LogP contribution in [0.25, 0.3) is 0 Å². The smallest absolute Gasteiger partial charge is 0.221 e. The Hall–Kier alpha value is -1.10. The summed E-state index contributed by atoms with van der Waals surface area (Å²) in [5.41, 5.74) is 0. The molecular weight excluding hydrogens is 266 g/mol. The highest BCUT2D eigenvalue weighted by Crippen LogP contribution is 2.22. The highest BCUT2D eigenvalue weighted by molar-refractivity contribution is 5.78. The van der Waals surface area contributed by atoms with E-state index in [1.807, 2.05) is 19.0 Å². The summed E-state index contributed by atoms with van der Waals surface area (Å²) in [6, 6.07) is 0.345. The number of nitrogens with one attached hydrogen (secondary N) is 1. The van der Waals surface area contributed by atoms with Gasteiger partial charge in [-0.1, -0.05) is 19.3 Å². The SMILES string of the molecule is CC(=O)N(CCC(=O)NCCCN(C)C)C1CCCCC1. The number of nitrogens with zero attached hydrogens (tertiary/aromatic N) is 2. The topological polar surface area (TPSA) is 52.7 Å². The van der Waals surface area contributed by atoms with E-state index < -0.39 is 0 Å². The third-order valence-electron chi connectivity index (χ3n) is 4.10. The first-order valence-electron chi connectivity index (χ1n) is 8.19. The van der Waals surface area contributed by atoms with Crippen LogP contribution >= 0.6 is 0 Å². The lowest BCUT2D eigenvalue weighted by atomic mass is 9.94. The molecule has 1 aliphatic carbocycles. The molecule has 1 aliphatic rings. The van der Waals surface area contributed by atoms with Gasteiger partial charge in [0.25, 0.3) is 0 Å². The van der Waals surface area contributed by atoms with E-state index in [0.717, 1.165) is 25.8 Å². The van der Waals surface area contributed by atoms with Gasteiger partial charge in [-0.2, -0.15) is 0 Å². The minimum absolute atomic E-state index is 0.0517. The van der Waals surface area contributed by atoms with Crippen LogP contribution < -0.4 is 5.32 Å².